The number of nitrogens with two attached hydrogens (primary N) is 1. The summed E-state index contributed by atoms with van der Waals surface area (Å²) in [7, 11) is 0. The van der Waals surface area contributed by atoms with E-state index in [-0.39, 0.29) is 16.7 Å². The first-order valence-electron chi connectivity index (χ1n) is 4.73. The van der Waals surface area contributed by atoms with Crippen molar-refractivity contribution in [3.63, 3.8) is 0 Å². The van der Waals surface area contributed by atoms with Crippen molar-refractivity contribution in [2.75, 3.05) is 5.75 Å². The third kappa shape index (κ3) is 3.89. The van der Waals surface area contributed by atoms with Gasteiger partial charge in [0.25, 0.3) is 5.69 Å². The van der Waals surface area contributed by atoms with Gasteiger partial charge < -0.3 is 5.73 Å². The maximum absolute atomic E-state index is 10.7. The van der Waals surface area contributed by atoms with Gasteiger partial charge in [-0.05, 0) is 25.2 Å². The number of thioether (sulfide) groups is 1. The molecule has 1 rings (SSSR count). The van der Waals surface area contributed by atoms with Gasteiger partial charge in [-0.3, -0.25) is 10.1 Å². The normalized spacial score (nSPS) is 12.4. The molecule has 0 saturated heterocycles. The highest BCUT2D eigenvalue weighted by molar-refractivity contribution is 7.99. The summed E-state index contributed by atoms with van der Waals surface area (Å²) in [5, 5.41) is 10.7. The van der Waals surface area contributed by atoms with Crippen LogP contribution in [-0.2, 0) is 0 Å². The van der Waals surface area contributed by atoms with Crippen LogP contribution in [0.2, 0.25) is 0 Å². The number of nitro benzene ring substituents is 1. The van der Waals surface area contributed by atoms with Crippen molar-refractivity contribution in [3.8, 4) is 0 Å². The molecule has 1 aromatic rings. The summed E-state index contributed by atoms with van der Waals surface area (Å²) >= 11 is 1.48. The molecule has 0 aliphatic carbocycles. The van der Waals surface area contributed by atoms with E-state index >= 15 is 0 Å². The minimum Gasteiger partial charge on any atom is -0.328 e. The largest absolute Gasteiger partial charge is 0.328 e. The van der Waals surface area contributed by atoms with Gasteiger partial charge in [0.15, 0.2) is 0 Å². The first kappa shape index (κ1) is 12.0. The molecule has 0 fully saturated rings. The molecule has 82 valence electrons. The summed E-state index contributed by atoms with van der Waals surface area (Å²) < 4.78 is 0. The fourth-order valence-corrected chi connectivity index (χ4v) is 2.26. The van der Waals surface area contributed by atoms with Crippen LogP contribution < -0.4 is 5.73 Å². The first-order valence-corrected chi connectivity index (χ1v) is 5.71. The van der Waals surface area contributed by atoms with Crippen molar-refractivity contribution in [1.29, 1.82) is 0 Å². The molecule has 0 amide bonds. The molecule has 2 N–H and O–H groups in total. The van der Waals surface area contributed by atoms with Crippen LogP contribution in [0.25, 0.3) is 0 Å². The second kappa shape index (κ2) is 5.72. The number of hydrogen-bond acceptors (Lipinski definition) is 4. The van der Waals surface area contributed by atoms with Gasteiger partial charge >= 0.3 is 0 Å². The molecule has 4 nitrogen and oxygen atoms in total. The highest BCUT2D eigenvalue weighted by atomic mass is 32.2. The molecule has 0 aliphatic heterocycles. The Hall–Kier alpha value is -1.07. The van der Waals surface area contributed by atoms with Crippen molar-refractivity contribution in [2.24, 2.45) is 5.73 Å². The number of hydrogen-bond donors (Lipinski definition) is 1. The number of para-hydroxylation sites is 1. The maximum atomic E-state index is 10.7. The van der Waals surface area contributed by atoms with Gasteiger partial charge in [-0.15, -0.1) is 11.8 Å². The summed E-state index contributed by atoms with van der Waals surface area (Å²) in [6.45, 7) is 1.93. The minimum absolute atomic E-state index is 0.139. The van der Waals surface area contributed by atoms with Gasteiger partial charge in [0.2, 0.25) is 0 Å². The number of rotatable bonds is 5. The van der Waals surface area contributed by atoms with Crippen LogP contribution in [0.15, 0.2) is 29.2 Å². The van der Waals surface area contributed by atoms with Gasteiger partial charge in [-0.2, -0.15) is 0 Å². The Morgan fingerprint density at radius 2 is 2.20 bits per heavy atom. The van der Waals surface area contributed by atoms with E-state index in [1.807, 2.05) is 6.92 Å². The smallest absolute Gasteiger partial charge is 0.282 e. The zero-order valence-electron chi connectivity index (χ0n) is 8.55. The molecular formula is C10H14N2O2S. The van der Waals surface area contributed by atoms with Gasteiger partial charge in [-0.25, -0.2) is 0 Å². The third-order valence-electron chi connectivity index (χ3n) is 1.89. The lowest BCUT2D eigenvalue weighted by molar-refractivity contribution is -0.387. The summed E-state index contributed by atoms with van der Waals surface area (Å²) in [5.74, 6) is 0.808. The van der Waals surface area contributed by atoms with E-state index in [0.717, 1.165) is 12.2 Å². The van der Waals surface area contributed by atoms with Crippen molar-refractivity contribution in [1.82, 2.24) is 0 Å². The standard InChI is InChI=1S/C10H14N2O2S/c1-8(11)6-7-15-10-5-3-2-4-9(10)12(13)14/h2-5,8H,6-7,11H2,1H3. The predicted molar refractivity (Wildman–Crippen MR) is 62.1 cm³/mol. The lowest BCUT2D eigenvalue weighted by Gasteiger charge is -2.04. The fraction of sp³-hybridized carbons (Fsp3) is 0.400. The van der Waals surface area contributed by atoms with E-state index in [0.29, 0.717) is 4.90 Å². The van der Waals surface area contributed by atoms with Crippen molar-refractivity contribution < 1.29 is 4.92 Å². The van der Waals surface area contributed by atoms with Crippen LogP contribution in [0.3, 0.4) is 0 Å². The lowest BCUT2D eigenvalue weighted by atomic mass is 10.3. The van der Waals surface area contributed by atoms with Crippen LogP contribution in [-0.4, -0.2) is 16.7 Å². The predicted octanol–water partition coefficient (Wildman–Crippen LogP) is 2.42. The molecule has 0 heterocycles. The number of nitrogens with zero attached hydrogens (tertiary/aromatic N) is 1. The average Bonchev–Trinajstić information content (AvgIpc) is 2.17. The van der Waals surface area contributed by atoms with Gasteiger partial charge in [0.1, 0.15) is 0 Å². The molecule has 1 atom stereocenters. The van der Waals surface area contributed by atoms with Gasteiger partial charge in [0, 0.05) is 12.1 Å². The van der Waals surface area contributed by atoms with E-state index in [4.69, 9.17) is 5.73 Å². The Balaban J connectivity index is 2.63. The second-order valence-electron chi connectivity index (χ2n) is 3.34. The van der Waals surface area contributed by atoms with Crippen LogP contribution in [0.1, 0.15) is 13.3 Å². The Morgan fingerprint density at radius 3 is 2.80 bits per heavy atom. The zero-order chi connectivity index (χ0) is 11.3. The first-order chi connectivity index (χ1) is 7.11. The minimum atomic E-state index is -0.353. The molecule has 0 aromatic heterocycles. The zero-order valence-corrected chi connectivity index (χ0v) is 9.37. The molecule has 1 aromatic carbocycles. The van der Waals surface area contributed by atoms with E-state index in [9.17, 15) is 10.1 Å². The molecule has 0 spiro atoms. The Labute approximate surface area is 93.0 Å². The summed E-state index contributed by atoms with van der Waals surface area (Å²) in [6, 6.07) is 6.91. The summed E-state index contributed by atoms with van der Waals surface area (Å²) in [6.07, 6.45) is 0.858. The molecule has 0 aliphatic rings. The van der Waals surface area contributed by atoms with Crippen molar-refractivity contribution in [3.05, 3.63) is 34.4 Å². The van der Waals surface area contributed by atoms with Crippen molar-refractivity contribution >= 4 is 17.4 Å². The SMILES string of the molecule is CC(N)CCSc1ccccc1[N+](=O)[O-]. The van der Waals surface area contributed by atoms with Crippen LogP contribution in [0, 0.1) is 10.1 Å². The average molecular weight is 226 g/mol. The van der Waals surface area contributed by atoms with E-state index < -0.39 is 0 Å². The molecule has 1 unspecified atom stereocenters. The highest BCUT2D eigenvalue weighted by Crippen LogP contribution is 2.28. The van der Waals surface area contributed by atoms with Crippen molar-refractivity contribution in [2.45, 2.75) is 24.3 Å². The Kier molecular flexibility index (Phi) is 4.58. The van der Waals surface area contributed by atoms with Crippen LogP contribution in [0.4, 0.5) is 5.69 Å². The molecule has 15 heavy (non-hydrogen) atoms. The molecule has 5 heteroatoms. The summed E-state index contributed by atoms with van der Waals surface area (Å²) in [5.41, 5.74) is 5.78. The third-order valence-corrected chi connectivity index (χ3v) is 2.99. The van der Waals surface area contributed by atoms with Gasteiger partial charge in [0.05, 0.1) is 9.82 Å². The lowest BCUT2D eigenvalue weighted by Crippen LogP contribution is -2.15. The van der Waals surface area contributed by atoms with E-state index in [1.165, 1.54) is 17.8 Å². The monoisotopic (exact) mass is 226 g/mol. The van der Waals surface area contributed by atoms with E-state index in [2.05, 4.69) is 0 Å². The second-order valence-corrected chi connectivity index (χ2v) is 4.48. The van der Waals surface area contributed by atoms with Crippen LogP contribution in [0.5, 0.6) is 0 Å². The fourth-order valence-electron chi connectivity index (χ4n) is 1.08. The van der Waals surface area contributed by atoms with E-state index in [1.54, 1.807) is 18.2 Å². The Bertz CT molecular complexity index is 342. The number of benzene rings is 1. The Morgan fingerprint density at radius 1 is 1.53 bits per heavy atom. The highest BCUT2D eigenvalue weighted by Gasteiger charge is 2.12. The molecule has 0 saturated carbocycles. The van der Waals surface area contributed by atoms with Crippen LogP contribution >= 0.6 is 11.8 Å². The molecular weight excluding hydrogens is 212 g/mol. The summed E-state index contributed by atoms with van der Waals surface area (Å²) in [4.78, 5) is 11.0. The topological polar surface area (TPSA) is 69.2 Å². The maximum Gasteiger partial charge on any atom is 0.282 e. The number of nitro groups is 1. The quantitative estimate of drug-likeness (QED) is 0.475. The molecule has 0 radical (unpaired) electrons. The molecule has 0 bridgehead atoms. The van der Waals surface area contributed by atoms with Gasteiger partial charge in [-0.1, -0.05) is 12.1 Å².